The van der Waals surface area contributed by atoms with Crippen molar-refractivity contribution in [1.29, 1.82) is 0 Å². The van der Waals surface area contributed by atoms with E-state index >= 15 is 0 Å². The molecule has 90 valence electrons. The van der Waals surface area contributed by atoms with E-state index in [4.69, 9.17) is 9.47 Å². The first-order valence-corrected chi connectivity index (χ1v) is 5.17. The average Bonchev–Trinajstić information content (AvgIpc) is 2.26. The highest BCUT2D eigenvalue weighted by molar-refractivity contribution is 5.35. The summed E-state index contributed by atoms with van der Waals surface area (Å²) in [6, 6.07) is 4.09. The van der Waals surface area contributed by atoms with Crippen LogP contribution in [-0.2, 0) is 4.74 Å². The molecule has 0 amide bonds. The minimum atomic E-state index is -0.761. The molecule has 1 unspecified atom stereocenters. The summed E-state index contributed by atoms with van der Waals surface area (Å²) < 4.78 is 23.5. The van der Waals surface area contributed by atoms with Crippen LogP contribution in [0.3, 0.4) is 0 Å². The number of methoxy groups -OCH3 is 1. The third-order valence-electron chi connectivity index (χ3n) is 2.30. The second kappa shape index (κ2) is 5.82. The standard InChI is InChI=1S/C12H17FO3/c1-8(15-3)7-16-12-5-4-10(13)6-11(12)9(2)14/h4-6,8-9,14H,7H2,1-3H3/t8?,9-/m1/s1. The van der Waals surface area contributed by atoms with Crippen molar-refractivity contribution in [2.45, 2.75) is 26.1 Å². The van der Waals surface area contributed by atoms with Crippen molar-refractivity contribution in [3.63, 3.8) is 0 Å². The highest BCUT2D eigenvalue weighted by Gasteiger charge is 2.11. The molecule has 0 radical (unpaired) electrons. The Kier molecular flexibility index (Phi) is 4.71. The van der Waals surface area contributed by atoms with Crippen molar-refractivity contribution in [2.75, 3.05) is 13.7 Å². The zero-order valence-electron chi connectivity index (χ0n) is 9.74. The number of rotatable bonds is 5. The average molecular weight is 228 g/mol. The van der Waals surface area contributed by atoms with Crippen LogP contribution in [0.4, 0.5) is 4.39 Å². The Labute approximate surface area is 94.8 Å². The summed E-state index contributed by atoms with van der Waals surface area (Å²) in [5.41, 5.74) is 0.448. The normalized spacial score (nSPS) is 14.6. The largest absolute Gasteiger partial charge is 0.491 e. The van der Waals surface area contributed by atoms with Gasteiger partial charge in [-0.2, -0.15) is 0 Å². The Bertz CT molecular complexity index is 339. The zero-order chi connectivity index (χ0) is 12.1. The highest BCUT2D eigenvalue weighted by Crippen LogP contribution is 2.26. The van der Waals surface area contributed by atoms with E-state index in [9.17, 15) is 9.50 Å². The fourth-order valence-electron chi connectivity index (χ4n) is 1.25. The summed E-state index contributed by atoms with van der Waals surface area (Å²) in [5, 5.41) is 9.47. The number of ether oxygens (including phenoxy) is 2. The fourth-order valence-corrected chi connectivity index (χ4v) is 1.25. The van der Waals surface area contributed by atoms with Crippen LogP contribution in [0.15, 0.2) is 18.2 Å². The molecule has 1 rings (SSSR count). The van der Waals surface area contributed by atoms with Crippen molar-refractivity contribution in [1.82, 2.24) is 0 Å². The molecule has 1 aromatic carbocycles. The molecule has 1 N–H and O–H groups in total. The Hall–Kier alpha value is -1.13. The van der Waals surface area contributed by atoms with Crippen LogP contribution in [-0.4, -0.2) is 24.9 Å². The SMILES string of the molecule is COC(C)COc1ccc(F)cc1[C@@H](C)O. The Morgan fingerprint density at radius 3 is 2.62 bits per heavy atom. The second-order valence-corrected chi connectivity index (χ2v) is 3.72. The topological polar surface area (TPSA) is 38.7 Å². The van der Waals surface area contributed by atoms with Gasteiger partial charge in [-0.25, -0.2) is 4.39 Å². The number of aliphatic hydroxyl groups excluding tert-OH is 1. The monoisotopic (exact) mass is 228 g/mol. The molecule has 0 saturated heterocycles. The third-order valence-corrected chi connectivity index (χ3v) is 2.30. The predicted molar refractivity (Wildman–Crippen MR) is 59.0 cm³/mol. The van der Waals surface area contributed by atoms with Crippen molar-refractivity contribution in [3.8, 4) is 5.75 Å². The summed E-state index contributed by atoms with van der Waals surface area (Å²) in [5.74, 6) is 0.100. The molecule has 0 fully saturated rings. The van der Waals surface area contributed by atoms with Gasteiger partial charge < -0.3 is 14.6 Å². The van der Waals surface area contributed by atoms with E-state index in [1.54, 1.807) is 14.0 Å². The second-order valence-electron chi connectivity index (χ2n) is 3.72. The van der Waals surface area contributed by atoms with Crippen molar-refractivity contribution >= 4 is 0 Å². The van der Waals surface area contributed by atoms with E-state index in [2.05, 4.69) is 0 Å². The lowest BCUT2D eigenvalue weighted by molar-refractivity contribution is 0.0699. The third kappa shape index (κ3) is 3.47. The minimum Gasteiger partial charge on any atom is -0.491 e. The van der Waals surface area contributed by atoms with Gasteiger partial charge in [-0.15, -0.1) is 0 Å². The lowest BCUT2D eigenvalue weighted by Gasteiger charge is -2.16. The van der Waals surface area contributed by atoms with Gasteiger partial charge in [-0.3, -0.25) is 0 Å². The maximum atomic E-state index is 13.0. The van der Waals surface area contributed by atoms with E-state index in [1.807, 2.05) is 6.92 Å². The maximum Gasteiger partial charge on any atom is 0.125 e. The van der Waals surface area contributed by atoms with E-state index in [-0.39, 0.29) is 11.9 Å². The van der Waals surface area contributed by atoms with Crippen molar-refractivity contribution in [3.05, 3.63) is 29.6 Å². The molecule has 0 aliphatic carbocycles. The van der Waals surface area contributed by atoms with Gasteiger partial charge in [0.05, 0.1) is 12.2 Å². The number of halogens is 1. The van der Waals surface area contributed by atoms with E-state index in [1.165, 1.54) is 18.2 Å². The quantitative estimate of drug-likeness (QED) is 0.840. The summed E-state index contributed by atoms with van der Waals surface area (Å²) in [6.07, 6.45) is -0.810. The molecular formula is C12H17FO3. The lowest BCUT2D eigenvalue weighted by atomic mass is 10.1. The Morgan fingerprint density at radius 2 is 2.06 bits per heavy atom. The summed E-state index contributed by atoms with van der Waals surface area (Å²) in [7, 11) is 1.59. The number of hydrogen-bond acceptors (Lipinski definition) is 3. The van der Waals surface area contributed by atoms with Gasteiger partial charge in [-0.1, -0.05) is 0 Å². The molecule has 0 aliphatic heterocycles. The number of benzene rings is 1. The van der Waals surface area contributed by atoms with Crippen molar-refractivity contribution < 1.29 is 19.0 Å². The van der Waals surface area contributed by atoms with Gasteiger partial charge >= 0.3 is 0 Å². The van der Waals surface area contributed by atoms with Gasteiger partial charge in [0, 0.05) is 12.7 Å². The van der Waals surface area contributed by atoms with Crippen LogP contribution in [0.25, 0.3) is 0 Å². The van der Waals surface area contributed by atoms with Gasteiger partial charge in [0.25, 0.3) is 0 Å². The lowest BCUT2D eigenvalue weighted by Crippen LogP contribution is -2.16. The molecule has 0 spiro atoms. The Morgan fingerprint density at radius 1 is 1.38 bits per heavy atom. The first-order valence-electron chi connectivity index (χ1n) is 5.17. The molecule has 0 heterocycles. The van der Waals surface area contributed by atoms with Crippen LogP contribution in [0.1, 0.15) is 25.5 Å². The fraction of sp³-hybridized carbons (Fsp3) is 0.500. The molecule has 4 heteroatoms. The predicted octanol–water partition coefficient (Wildman–Crippen LogP) is 2.29. The van der Waals surface area contributed by atoms with Crippen LogP contribution in [0.2, 0.25) is 0 Å². The summed E-state index contributed by atoms with van der Waals surface area (Å²) >= 11 is 0. The first kappa shape index (κ1) is 12.9. The van der Waals surface area contributed by atoms with Crippen LogP contribution in [0.5, 0.6) is 5.75 Å². The highest BCUT2D eigenvalue weighted by atomic mass is 19.1. The first-order chi connectivity index (χ1) is 7.54. The molecule has 1 aromatic rings. The van der Waals surface area contributed by atoms with Crippen LogP contribution in [0, 0.1) is 5.82 Å². The Balaban J connectivity index is 2.78. The van der Waals surface area contributed by atoms with Crippen LogP contribution >= 0.6 is 0 Å². The molecule has 3 nitrogen and oxygen atoms in total. The van der Waals surface area contributed by atoms with E-state index < -0.39 is 6.10 Å². The molecule has 0 aliphatic rings. The molecule has 2 atom stereocenters. The molecular weight excluding hydrogens is 211 g/mol. The smallest absolute Gasteiger partial charge is 0.125 e. The van der Waals surface area contributed by atoms with E-state index in [0.29, 0.717) is 17.9 Å². The number of hydrogen-bond donors (Lipinski definition) is 1. The molecule has 0 bridgehead atoms. The van der Waals surface area contributed by atoms with Gasteiger partial charge in [0.15, 0.2) is 0 Å². The van der Waals surface area contributed by atoms with Crippen molar-refractivity contribution in [2.24, 2.45) is 0 Å². The minimum absolute atomic E-state index is 0.0492. The maximum absolute atomic E-state index is 13.0. The van der Waals surface area contributed by atoms with Gasteiger partial charge in [0.2, 0.25) is 0 Å². The molecule has 0 aromatic heterocycles. The summed E-state index contributed by atoms with van der Waals surface area (Å²) in [4.78, 5) is 0. The van der Waals surface area contributed by atoms with E-state index in [0.717, 1.165) is 0 Å². The van der Waals surface area contributed by atoms with Crippen LogP contribution < -0.4 is 4.74 Å². The zero-order valence-corrected chi connectivity index (χ0v) is 9.74. The molecule has 0 saturated carbocycles. The number of aliphatic hydroxyl groups is 1. The molecule has 16 heavy (non-hydrogen) atoms. The van der Waals surface area contributed by atoms with Gasteiger partial charge in [0.1, 0.15) is 18.2 Å². The van der Waals surface area contributed by atoms with Gasteiger partial charge in [-0.05, 0) is 32.0 Å². The summed E-state index contributed by atoms with van der Waals surface area (Å²) in [6.45, 7) is 3.80.